The van der Waals surface area contributed by atoms with E-state index in [9.17, 15) is 0 Å². The van der Waals surface area contributed by atoms with Crippen LogP contribution in [0.4, 0.5) is 0 Å². The van der Waals surface area contributed by atoms with E-state index in [4.69, 9.17) is 10.0 Å². The third kappa shape index (κ3) is 3.66. The molecular formula is C11H18BNO2. The second-order valence-corrected chi connectivity index (χ2v) is 3.69. The van der Waals surface area contributed by atoms with Gasteiger partial charge in [-0.05, 0) is 31.0 Å². The van der Waals surface area contributed by atoms with Gasteiger partial charge in [-0.15, -0.1) is 0 Å². The van der Waals surface area contributed by atoms with Gasteiger partial charge in [-0.3, -0.25) is 0 Å². The molecule has 15 heavy (non-hydrogen) atoms. The number of hydrogen-bond donors (Lipinski definition) is 3. The van der Waals surface area contributed by atoms with Crippen molar-refractivity contribution >= 4 is 7.12 Å². The Morgan fingerprint density at radius 3 is 2.53 bits per heavy atom. The summed E-state index contributed by atoms with van der Waals surface area (Å²) >= 11 is 0. The Bertz CT molecular complexity index is 304. The van der Waals surface area contributed by atoms with Crippen molar-refractivity contribution in [3.63, 3.8) is 0 Å². The van der Waals surface area contributed by atoms with Gasteiger partial charge in [0.05, 0.1) is 0 Å². The maximum absolute atomic E-state index is 9.09. The van der Waals surface area contributed by atoms with Crippen LogP contribution >= 0.6 is 0 Å². The third-order valence-corrected chi connectivity index (χ3v) is 2.59. The second kappa shape index (κ2) is 5.90. The molecule has 0 saturated carbocycles. The lowest BCUT2D eigenvalue weighted by atomic mass is 9.76. The zero-order valence-electron chi connectivity index (χ0n) is 9.27. The molecule has 0 amide bonds. The van der Waals surface area contributed by atoms with Gasteiger partial charge < -0.3 is 15.4 Å². The van der Waals surface area contributed by atoms with Gasteiger partial charge in [0.15, 0.2) is 0 Å². The molecule has 0 fully saturated rings. The summed E-state index contributed by atoms with van der Waals surface area (Å²) < 4.78 is 0. The molecule has 4 heteroatoms. The summed E-state index contributed by atoms with van der Waals surface area (Å²) in [6.07, 6.45) is 1.63. The average Bonchev–Trinajstić information content (AvgIpc) is 2.25. The zero-order valence-corrected chi connectivity index (χ0v) is 9.27. The summed E-state index contributed by atoms with van der Waals surface area (Å²) in [6, 6.07) is 8.19. The molecule has 1 unspecified atom stereocenters. The molecule has 0 spiro atoms. The highest BCUT2D eigenvalue weighted by atomic mass is 16.4. The topological polar surface area (TPSA) is 52.5 Å². The van der Waals surface area contributed by atoms with Crippen LogP contribution in [0.15, 0.2) is 24.3 Å². The van der Waals surface area contributed by atoms with E-state index in [1.807, 2.05) is 12.1 Å². The second-order valence-electron chi connectivity index (χ2n) is 3.69. The Morgan fingerprint density at radius 1 is 1.33 bits per heavy atom. The Balaban J connectivity index is 2.70. The van der Waals surface area contributed by atoms with Crippen LogP contribution in [0.5, 0.6) is 0 Å². The summed E-state index contributed by atoms with van der Waals surface area (Å²) in [5.74, 6) is -0.308. The minimum Gasteiger partial charge on any atom is -0.426 e. The van der Waals surface area contributed by atoms with Crippen LogP contribution < -0.4 is 5.32 Å². The van der Waals surface area contributed by atoms with Crippen LogP contribution in [0.1, 0.15) is 18.1 Å². The number of rotatable bonds is 5. The molecule has 0 aliphatic rings. The van der Waals surface area contributed by atoms with Gasteiger partial charge in [-0.2, -0.15) is 0 Å². The predicted molar refractivity (Wildman–Crippen MR) is 62.6 cm³/mol. The summed E-state index contributed by atoms with van der Waals surface area (Å²) in [6.45, 7) is 2.11. The molecule has 3 nitrogen and oxygen atoms in total. The first-order valence-electron chi connectivity index (χ1n) is 5.28. The predicted octanol–water partition coefficient (Wildman–Crippen LogP) is 0.391. The molecule has 0 aromatic heterocycles. The van der Waals surface area contributed by atoms with Crippen molar-refractivity contribution in [2.24, 2.45) is 0 Å². The molecule has 0 saturated heterocycles. The maximum atomic E-state index is 9.09. The lowest BCUT2D eigenvalue weighted by Gasteiger charge is -2.15. The summed E-state index contributed by atoms with van der Waals surface area (Å²) in [5, 5.41) is 21.1. The highest BCUT2D eigenvalue weighted by Crippen LogP contribution is 2.08. The largest absolute Gasteiger partial charge is 0.469 e. The first-order chi connectivity index (χ1) is 7.17. The molecule has 82 valence electrons. The number of aryl methyl sites for hydroxylation is 1. The smallest absolute Gasteiger partial charge is 0.426 e. The van der Waals surface area contributed by atoms with E-state index in [1.165, 1.54) is 5.56 Å². The quantitative estimate of drug-likeness (QED) is 0.612. The molecule has 0 radical (unpaired) electrons. The van der Waals surface area contributed by atoms with Crippen molar-refractivity contribution in [2.45, 2.75) is 25.7 Å². The third-order valence-electron chi connectivity index (χ3n) is 2.59. The fraction of sp³-hybridized carbons (Fsp3) is 0.455. The number of likely N-dealkylation sites (N-methyl/N-ethyl adjacent to an activating group) is 1. The molecule has 0 aliphatic carbocycles. The van der Waals surface area contributed by atoms with E-state index in [0.29, 0.717) is 6.42 Å². The van der Waals surface area contributed by atoms with Crippen molar-refractivity contribution in [1.82, 2.24) is 5.32 Å². The normalized spacial score (nSPS) is 12.5. The van der Waals surface area contributed by atoms with Crippen LogP contribution in [-0.4, -0.2) is 30.2 Å². The van der Waals surface area contributed by atoms with Gasteiger partial charge in [0.1, 0.15) is 0 Å². The number of hydrogen-bond acceptors (Lipinski definition) is 3. The van der Waals surface area contributed by atoms with E-state index in [1.54, 1.807) is 7.05 Å². The molecule has 0 heterocycles. The maximum Gasteiger partial charge on any atom is 0.469 e. The van der Waals surface area contributed by atoms with E-state index in [2.05, 4.69) is 24.4 Å². The van der Waals surface area contributed by atoms with Crippen LogP contribution in [0, 0.1) is 0 Å². The number of nitrogens with one attached hydrogen (secondary N) is 1. The highest BCUT2D eigenvalue weighted by Gasteiger charge is 2.21. The van der Waals surface area contributed by atoms with E-state index >= 15 is 0 Å². The number of benzene rings is 1. The van der Waals surface area contributed by atoms with E-state index < -0.39 is 7.12 Å². The molecule has 3 N–H and O–H groups in total. The summed E-state index contributed by atoms with van der Waals surface area (Å²) in [7, 11) is 0.411. The molecule has 1 aromatic carbocycles. The molecule has 1 aromatic rings. The van der Waals surface area contributed by atoms with Gasteiger partial charge in [0.25, 0.3) is 0 Å². The highest BCUT2D eigenvalue weighted by molar-refractivity contribution is 6.43. The van der Waals surface area contributed by atoms with E-state index in [-0.39, 0.29) is 5.94 Å². The Hall–Kier alpha value is -0.835. The average molecular weight is 207 g/mol. The van der Waals surface area contributed by atoms with Crippen molar-refractivity contribution in [3.8, 4) is 0 Å². The van der Waals surface area contributed by atoms with E-state index in [0.717, 1.165) is 12.0 Å². The SMILES string of the molecule is CCc1cccc(CC(NC)B(O)O)c1. The summed E-state index contributed by atoms with van der Waals surface area (Å²) in [5.41, 5.74) is 2.40. The molecule has 1 rings (SSSR count). The van der Waals surface area contributed by atoms with Crippen LogP contribution in [-0.2, 0) is 12.8 Å². The first-order valence-corrected chi connectivity index (χ1v) is 5.28. The van der Waals surface area contributed by atoms with Crippen molar-refractivity contribution < 1.29 is 10.0 Å². The lowest BCUT2D eigenvalue weighted by Crippen LogP contribution is -2.43. The Kier molecular flexibility index (Phi) is 4.82. The van der Waals surface area contributed by atoms with Gasteiger partial charge in [-0.1, -0.05) is 31.2 Å². The summed E-state index contributed by atoms with van der Waals surface area (Å²) in [4.78, 5) is 0. The lowest BCUT2D eigenvalue weighted by molar-refractivity contribution is 0.374. The van der Waals surface area contributed by atoms with Gasteiger partial charge in [0, 0.05) is 5.94 Å². The minimum atomic E-state index is -1.32. The zero-order chi connectivity index (χ0) is 11.3. The van der Waals surface area contributed by atoms with Gasteiger partial charge in [0.2, 0.25) is 0 Å². The molecule has 0 bridgehead atoms. The van der Waals surface area contributed by atoms with Crippen molar-refractivity contribution in [2.75, 3.05) is 7.05 Å². The Morgan fingerprint density at radius 2 is 2.00 bits per heavy atom. The van der Waals surface area contributed by atoms with Gasteiger partial charge >= 0.3 is 7.12 Å². The van der Waals surface area contributed by atoms with Crippen LogP contribution in [0.3, 0.4) is 0 Å². The fourth-order valence-electron chi connectivity index (χ4n) is 1.59. The minimum absolute atomic E-state index is 0.308. The molecular weight excluding hydrogens is 189 g/mol. The molecule has 1 atom stereocenters. The van der Waals surface area contributed by atoms with Gasteiger partial charge in [-0.25, -0.2) is 0 Å². The van der Waals surface area contributed by atoms with Crippen molar-refractivity contribution in [3.05, 3.63) is 35.4 Å². The van der Waals surface area contributed by atoms with Crippen LogP contribution in [0.2, 0.25) is 0 Å². The standard InChI is InChI=1S/C11H18BNO2/c1-3-9-5-4-6-10(7-9)8-11(13-2)12(14)15/h4-7,11,13-15H,3,8H2,1-2H3. The fourth-order valence-corrected chi connectivity index (χ4v) is 1.59. The Labute approximate surface area is 91.3 Å². The first kappa shape index (κ1) is 12.2. The van der Waals surface area contributed by atoms with Crippen LogP contribution in [0.25, 0.3) is 0 Å². The van der Waals surface area contributed by atoms with Crippen molar-refractivity contribution in [1.29, 1.82) is 0 Å². The monoisotopic (exact) mass is 207 g/mol. The molecule has 0 aliphatic heterocycles.